The molecule has 0 aliphatic carbocycles. The fourth-order valence-electron chi connectivity index (χ4n) is 1.89. The van der Waals surface area contributed by atoms with E-state index >= 15 is 0 Å². The highest BCUT2D eigenvalue weighted by atomic mass is 19.1. The van der Waals surface area contributed by atoms with Gasteiger partial charge in [-0.05, 0) is 37.0 Å². The minimum Gasteiger partial charge on any atom is -0.462 e. The van der Waals surface area contributed by atoms with Crippen LogP contribution >= 0.6 is 0 Å². The number of ether oxygens (including phenoxy) is 2. The molecule has 98 valence electrons. The van der Waals surface area contributed by atoms with Gasteiger partial charge in [0, 0.05) is 18.9 Å². The predicted octanol–water partition coefficient (Wildman–Crippen LogP) is 1.99. The zero-order valence-electron chi connectivity index (χ0n) is 10.0. The number of nitrogen functional groups attached to an aromatic ring is 1. The second-order valence-corrected chi connectivity index (χ2v) is 4.39. The van der Waals surface area contributed by atoms with Crippen molar-refractivity contribution in [2.45, 2.75) is 12.8 Å². The molecule has 0 saturated carbocycles. The molecule has 0 spiro atoms. The van der Waals surface area contributed by atoms with Crippen LogP contribution in [0.5, 0.6) is 0 Å². The Morgan fingerprint density at radius 3 is 2.89 bits per heavy atom. The fourth-order valence-corrected chi connectivity index (χ4v) is 1.89. The molecule has 0 amide bonds. The summed E-state index contributed by atoms with van der Waals surface area (Å²) in [6.07, 6.45) is 1.76. The van der Waals surface area contributed by atoms with E-state index in [1.807, 2.05) is 0 Å². The number of esters is 1. The van der Waals surface area contributed by atoms with E-state index in [-0.39, 0.29) is 11.3 Å². The third kappa shape index (κ3) is 3.20. The lowest BCUT2D eigenvalue weighted by Gasteiger charge is -2.21. The number of anilines is 1. The number of halogens is 1. The van der Waals surface area contributed by atoms with Crippen LogP contribution < -0.4 is 5.73 Å². The maximum absolute atomic E-state index is 13.0. The predicted molar refractivity (Wildman–Crippen MR) is 64.6 cm³/mol. The van der Waals surface area contributed by atoms with E-state index in [0.717, 1.165) is 18.9 Å². The fraction of sp³-hybridized carbons (Fsp3) is 0.462. The Morgan fingerprint density at radius 2 is 2.17 bits per heavy atom. The first-order valence-corrected chi connectivity index (χ1v) is 5.96. The van der Waals surface area contributed by atoms with Gasteiger partial charge in [-0.2, -0.15) is 0 Å². The summed E-state index contributed by atoms with van der Waals surface area (Å²) in [5.74, 6) is -0.752. The van der Waals surface area contributed by atoms with Gasteiger partial charge in [0.15, 0.2) is 0 Å². The molecule has 2 N–H and O–H groups in total. The van der Waals surface area contributed by atoms with Gasteiger partial charge >= 0.3 is 5.97 Å². The molecule has 1 saturated heterocycles. The summed E-state index contributed by atoms with van der Waals surface area (Å²) in [6, 6.07) is 3.67. The lowest BCUT2D eigenvalue weighted by molar-refractivity contribution is 0.0186. The van der Waals surface area contributed by atoms with Crippen molar-refractivity contribution in [1.29, 1.82) is 0 Å². The number of hydrogen-bond donors (Lipinski definition) is 1. The van der Waals surface area contributed by atoms with Crippen molar-refractivity contribution >= 4 is 11.7 Å². The van der Waals surface area contributed by atoms with E-state index in [1.165, 1.54) is 12.1 Å². The van der Waals surface area contributed by atoms with Gasteiger partial charge in [-0.1, -0.05) is 0 Å². The summed E-state index contributed by atoms with van der Waals surface area (Å²) in [4.78, 5) is 11.8. The highest BCUT2D eigenvalue weighted by molar-refractivity contribution is 5.95. The van der Waals surface area contributed by atoms with E-state index in [1.54, 1.807) is 0 Å². The minimum absolute atomic E-state index is 0.0852. The molecule has 0 aromatic heterocycles. The van der Waals surface area contributed by atoms with Crippen LogP contribution in [0.2, 0.25) is 0 Å². The van der Waals surface area contributed by atoms with Crippen LogP contribution in [-0.2, 0) is 9.47 Å². The number of rotatable bonds is 3. The summed E-state index contributed by atoms with van der Waals surface area (Å²) in [5.41, 5.74) is 5.93. The number of hydrogen-bond acceptors (Lipinski definition) is 4. The third-order valence-corrected chi connectivity index (χ3v) is 3.03. The molecule has 1 heterocycles. The SMILES string of the molecule is Nc1ccc(F)cc1C(=O)OCC1CCOCC1. The number of benzene rings is 1. The Kier molecular flexibility index (Phi) is 4.15. The Balaban J connectivity index is 1.92. The molecular formula is C13H16FNO3. The number of carbonyl (C=O) groups excluding carboxylic acids is 1. The number of nitrogens with two attached hydrogens (primary N) is 1. The van der Waals surface area contributed by atoms with Gasteiger partial charge in [0.25, 0.3) is 0 Å². The topological polar surface area (TPSA) is 61.6 Å². The normalized spacial score (nSPS) is 16.5. The molecule has 0 bridgehead atoms. The van der Waals surface area contributed by atoms with Gasteiger partial charge in [-0.3, -0.25) is 0 Å². The van der Waals surface area contributed by atoms with Gasteiger partial charge in [0.1, 0.15) is 5.82 Å². The number of carbonyl (C=O) groups is 1. The molecule has 0 radical (unpaired) electrons. The van der Waals surface area contributed by atoms with Gasteiger partial charge in [-0.25, -0.2) is 9.18 Å². The largest absolute Gasteiger partial charge is 0.462 e. The highest BCUT2D eigenvalue weighted by Crippen LogP contribution is 2.18. The minimum atomic E-state index is -0.571. The molecule has 4 nitrogen and oxygen atoms in total. The van der Waals surface area contributed by atoms with Crippen LogP contribution in [-0.4, -0.2) is 25.8 Å². The van der Waals surface area contributed by atoms with Crippen molar-refractivity contribution in [2.24, 2.45) is 5.92 Å². The maximum atomic E-state index is 13.0. The first-order chi connectivity index (χ1) is 8.66. The van der Waals surface area contributed by atoms with Crippen LogP contribution in [0.4, 0.5) is 10.1 Å². The van der Waals surface area contributed by atoms with Crippen LogP contribution in [0, 0.1) is 11.7 Å². The lowest BCUT2D eigenvalue weighted by Crippen LogP contribution is -2.22. The molecule has 1 aromatic carbocycles. The molecular weight excluding hydrogens is 237 g/mol. The Morgan fingerprint density at radius 1 is 1.44 bits per heavy atom. The summed E-state index contributed by atoms with van der Waals surface area (Å²) < 4.78 is 23.4. The zero-order chi connectivity index (χ0) is 13.0. The molecule has 18 heavy (non-hydrogen) atoms. The average Bonchev–Trinajstić information content (AvgIpc) is 2.40. The summed E-state index contributed by atoms with van der Waals surface area (Å²) in [6.45, 7) is 1.73. The lowest BCUT2D eigenvalue weighted by atomic mass is 10.0. The van der Waals surface area contributed by atoms with Gasteiger partial charge in [0.05, 0.1) is 12.2 Å². The average molecular weight is 253 g/mol. The van der Waals surface area contributed by atoms with E-state index in [2.05, 4.69) is 0 Å². The first-order valence-electron chi connectivity index (χ1n) is 5.96. The molecule has 1 fully saturated rings. The third-order valence-electron chi connectivity index (χ3n) is 3.03. The van der Waals surface area contributed by atoms with Crippen LogP contribution in [0.15, 0.2) is 18.2 Å². The standard InChI is InChI=1S/C13H16FNO3/c14-10-1-2-12(15)11(7-10)13(16)18-8-9-3-5-17-6-4-9/h1-2,7,9H,3-6,8,15H2. The van der Waals surface area contributed by atoms with Crippen LogP contribution in [0.1, 0.15) is 23.2 Å². The van der Waals surface area contributed by atoms with Crippen molar-refractivity contribution in [1.82, 2.24) is 0 Å². The Labute approximate surface area is 105 Å². The van der Waals surface area contributed by atoms with E-state index < -0.39 is 11.8 Å². The van der Waals surface area contributed by atoms with Crippen molar-refractivity contribution in [3.8, 4) is 0 Å². The Bertz CT molecular complexity index is 430. The molecule has 1 aliphatic heterocycles. The summed E-state index contributed by atoms with van der Waals surface area (Å²) in [5, 5.41) is 0. The van der Waals surface area contributed by atoms with Crippen molar-refractivity contribution in [3.63, 3.8) is 0 Å². The van der Waals surface area contributed by atoms with Crippen molar-refractivity contribution < 1.29 is 18.7 Å². The zero-order valence-corrected chi connectivity index (χ0v) is 10.0. The first kappa shape index (κ1) is 12.8. The van der Waals surface area contributed by atoms with Gasteiger partial charge < -0.3 is 15.2 Å². The molecule has 1 aliphatic rings. The monoisotopic (exact) mass is 253 g/mol. The second-order valence-electron chi connectivity index (χ2n) is 4.39. The smallest absolute Gasteiger partial charge is 0.340 e. The van der Waals surface area contributed by atoms with Crippen molar-refractivity contribution in [3.05, 3.63) is 29.6 Å². The van der Waals surface area contributed by atoms with Gasteiger partial charge in [-0.15, -0.1) is 0 Å². The molecule has 2 rings (SSSR count). The van der Waals surface area contributed by atoms with Crippen molar-refractivity contribution in [2.75, 3.05) is 25.6 Å². The summed E-state index contributed by atoms with van der Waals surface area (Å²) in [7, 11) is 0. The van der Waals surface area contributed by atoms with Crippen LogP contribution in [0.25, 0.3) is 0 Å². The maximum Gasteiger partial charge on any atom is 0.340 e. The second kappa shape index (κ2) is 5.82. The molecule has 0 atom stereocenters. The van der Waals surface area contributed by atoms with Crippen LogP contribution in [0.3, 0.4) is 0 Å². The molecule has 1 aromatic rings. The quantitative estimate of drug-likeness (QED) is 0.661. The highest BCUT2D eigenvalue weighted by Gasteiger charge is 2.18. The molecule has 0 unspecified atom stereocenters. The van der Waals surface area contributed by atoms with E-state index in [9.17, 15) is 9.18 Å². The molecule has 5 heteroatoms. The summed E-state index contributed by atoms with van der Waals surface area (Å²) >= 11 is 0. The Hall–Kier alpha value is -1.62. The van der Waals surface area contributed by atoms with E-state index in [4.69, 9.17) is 15.2 Å². The van der Waals surface area contributed by atoms with Gasteiger partial charge in [0.2, 0.25) is 0 Å². The van der Waals surface area contributed by atoms with E-state index in [0.29, 0.717) is 25.7 Å².